The Balaban J connectivity index is 2.06. The van der Waals surface area contributed by atoms with E-state index in [1.54, 1.807) is 0 Å². The van der Waals surface area contributed by atoms with Gasteiger partial charge in [0.05, 0.1) is 13.2 Å². The van der Waals surface area contributed by atoms with Gasteiger partial charge in [-0.3, -0.25) is 0 Å². The Morgan fingerprint density at radius 1 is 0.870 bits per heavy atom. The molecule has 0 aliphatic heterocycles. The average molecular weight is 313 g/mol. The molecule has 0 aromatic heterocycles. The van der Waals surface area contributed by atoms with Gasteiger partial charge in [0.25, 0.3) is 0 Å². The number of rotatable bonds is 8. The first-order valence-corrected chi connectivity index (χ1v) is 8.33. The van der Waals surface area contributed by atoms with E-state index >= 15 is 0 Å². The van der Waals surface area contributed by atoms with E-state index in [2.05, 4.69) is 56.4 Å². The summed E-state index contributed by atoms with van der Waals surface area (Å²) >= 11 is 0. The molecule has 3 heteroatoms. The van der Waals surface area contributed by atoms with Crippen molar-refractivity contribution >= 4 is 5.69 Å². The maximum Gasteiger partial charge on any atom is 0.161 e. The van der Waals surface area contributed by atoms with Crippen LogP contribution < -0.4 is 14.8 Å². The van der Waals surface area contributed by atoms with E-state index in [1.807, 2.05) is 13.0 Å². The third kappa shape index (κ3) is 4.92. The minimum Gasteiger partial charge on any atom is -0.490 e. The summed E-state index contributed by atoms with van der Waals surface area (Å²) in [4.78, 5) is 0. The number of anilines is 1. The summed E-state index contributed by atoms with van der Waals surface area (Å²) < 4.78 is 11.4. The highest BCUT2D eigenvalue weighted by Crippen LogP contribution is 2.29. The van der Waals surface area contributed by atoms with Crippen LogP contribution in [0.3, 0.4) is 0 Å². The molecule has 0 fully saturated rings. The van der Waals surface area contributed by atoms with Gasteiger partial charge >= 0.3 is 0 Å². The second-order valence-electron chi connectivity index (χ2n) is 5.72. The van der Waals surface area contributed by atoms with E-state index in [-0.39, 0.29) is 0 Å². The number of benzene rings is 2. The van der Waals surface area contributed by atoms with Crippen molar-refractivity contribution in [1.82, 2.24) is 0 Å². The quantitative estimate of drug-likeness (QED) is 0.735. The third-order valence-electron chi connectivity index (χ3n) is 3.77. The Morgan fingerprint density at radius 3 is 2.39 bits per heavy atom. The molecule has 2 aromatic rings. The van der Waals surface area contributed by atoms with Crippen LogP contribution in [0.15, 0.2) is 36.4 Å². The van der Waals surface area contributed by atoms with E-state index in [4.69, 9.17) is 9.47 Å². The van der Waals surface area contributed by atoms with E-state index in [0.717, 1.165) is 30.2 Å². The van der Waals surface area contributed by atoms with Crippen molar-refractivity contribution < 1.29 is 9.47 Å². The lowest BCUT2D eigenvalue weighted by molar-refractivity contribution is 0.276. The molecule has 0 heterocycles. The molecule has 23 heavy (non-hydrogen) atoms. The van der Waals surface area contributed by atoms with Crippen molar-refractivity contribution in [2.24, 2.45) is 0 Å². The molecule has 0 amide bonds. The number of aryl methyl sites for hydroxylation is 2. The molecule has 0 saturated carbocycles. The molecular weight excluding hydrogens is 286 g/mol. The highest BCUT2D eigenvalue weighted by Gasteiger charge is 2.06. The normalized spacial score (nSPS) is 10.4. The molecule has 2 rings (SSSR count). The van der Waals surface area contributed by atoms with Crippen molar-refractivity contribution in [3.05, 3.63) is 53.1 Å². The van der Waals surface area contributed by atoms with Gasteiger partial charge < -0.3 is 14.8 Å². The minimum atomic E-state index is 0.635. The molecule has 0 aliphatic rings. The zero-order valence-electron chi connectivity index (χ0n) is 14.6. The number of hydrogen-bond donors (Lipinski definition) is 1. The van der Waals surface area contributed by atoms with Gasteiger partial charge in [0.2, 0.25) is 0 Å². The van der Waals surface area contributed by atoms with Crippen LogP contribution in [0.5, 0.6) is 11.5 Å². The van der Waals surface area contributed by atoms with Gasteiger partial charge in [0.1, 0.15) is 0 Å². The molecular formula is C20H27NO2. The van der Waals surface area contributed by atoms with Gasteiger partial charge in [-0.05, 0) is 68.1 Å². The van der Waals surface area contributed by atoms with Crippen molar-refractivity contribution in [3.63, 3.8) is 0 Å². The summed E-state index contributed by atoms with van der Waals surface area (Å²) in [5.74, 6) is 1.64. The molecule has 0 atom stereocenters. The van der Waals surface area contributed by atoms with Crippen LogP contribution in [0, 0.1) is 13.8 Å². The van der Waals surface area contributed by atoms with Crippen molar-refractivity contribution in [2.75, 3.05) is 18.5 Å². The molecule has 0 aliphatic carbocycles. The standard InChI is InChI=1S/C20H27NO2/c1-5-11-23-19-10-8-17(13-20(19)22-6-2)14-21-18-9-7-15(3)16(4)12-18/h7-10,12-13,21H,5-6,11,14H2,1-4H3. The van der Waals surface area contributed by atoms with Crippen molar-refractivity contribution in [1.29, 1.82) is 0 Å². The minimum absolute atomic E-state index is 0.635. The van der Waals surface area contributed by atoms with E-state index in [1.165, 1.54) is 16.7 Å². The van der Waals surface area contributed by atoms with Crippen molar-refractivity contribution in [3.8, 4) is 11.5 Å². The van der Waals surface area contributed by atoms with Gasteiger partial charge in [-0.25, -0.2) is 0 Å². The topological polar surface area (TPSA) is 30.5 Å². The first-order chi connectivity index (χ1) is 11.1. The predicted molar refractivity (Wildman–Crippen MR) is 96.6 cm³/mol. The monoisotopic (exact) mass is 313 g/mol. The Hall–Kier alpha value is -2.16. The van der Waals surface area contributed by atoms with E-state index in [0.29, 0.717) is 13.2 Å². The van der Waals surface area contributed by atoms with E-state index in [9.17, 15) is 0 Å². The first-order valence-electron chi connectivity index (χ1n) is 8.33. The first kappa shape index (κ1) is 17.2. The van der Waals surface area contributed by atoms with Crippen LogP contribution in [0.1, 0.15) is 37.0 Å². The summed E-state index contributed by atoms with van der Waals surface area (Å²) in [5.41, 5.74) is 4.92. The second-order valence-corrected chi connectivity index (χ2v) is 5.72. The SMILES string of the molecule is CCCOc1ccc(CNc2ccc(C)c(C)c2)cc1OCC. The summed E-state index contributed by atoms with van der Waals surface area (Å²) in [6.07, 6.45) is 0.988. The Kier molecular flexibility index (Phi) is 6.33. The molecule has 124 valence electrons. The van der Waals surface area contributed by atoms with Crippen LogP contribution in [-0.2, 0) is 6.54 Å². The highest BCUT2D eigenvalue weighted by molar-refractivity contribution is 5.49. The molecule has 0 bridgehead atoms. The fourth-order valence-corrected chi connectivity index (χ4v) is 2.32. The fraction of sp³-hybridized carbons (Fsp3) is 0.400. The van der Waals surface area contributed by atoms with Gasteiger partial charge in [-0.2, -0.15) is 0 Å². The number of hydrogen-bond acceptors (Lipinski definition) is 3. The zero-order valence-corrected chi connectivity index (χ0v) is 14.6. The lowest BCUT2D eigenvalue weighted by atomic mass is 10.1. The highest BCUT2D eigenvalue weighted by atomic mass is 16.5. The maximum absolute atomic E-state index is 5.74. The van der Waals surface area contributed by atoms with Crippen LogP contribution in [0.25, 0.3) is 0 Å². The molecule has 0 spiro atoms. The van der Waals surface area contributed by atoms with Gasteiger partial charge in [0, 0.05) is 12.2 Å². The zero-order chi connectivity index (χ0) is 16.7. The lowest BCUT2D eigenvalue weighted by Gasteiger charge is -2.14. The summed E-state index contributed by atoms with van der Waals surface area (Å²) in [6.45, 7) is 10.5. The van der Waals surface area contributed by atoms with Crippen molar-refractivity contribution in [2.45, 2.75) is 40.7 Å². The van der Waals surface area contributed by atoms with Crippen LogP contribution in [-0.4, -0.2) is 13.2 Å². The smallest absolute Gasteiger partial charge is 0.161 e. The Labute approximate surface area is 139 Å². The largest absolute Gasteiger partial charge is 0.490 e. The predicted octanol–water partition coefficient (Wildman–Crippen LogP) is 5.10. The van der Waals surface area contributed by atoms with Gasteiger partial charge in [-0.15, -0.1) is 0 Å². The summed E-state index contributed by atoms with van der Waals surface area (Å²) in [6, 6.07) is 12.6. The fourth-order valence-electron chi connectivity index (χ4n) is 2.32. The lowest BCUT2D eigenvalue weighted by Crippen LogP contribution is -2.03. The Bertz CT molecular complexity index is 638. The van der Waals surface area contributed by atoms with Crippen LogP contribution in [0.4, 0.5) is 5.69 Å². The molecule has 0 saturated heterocycles. The molecule has 3 nitrogen and oxygen atoms in total. The number of ether oxygens (including phenoxy) is 2. The summed E-state index contributed by atoms with van der Waals surface area (Å²) in [5, 5.41) is 3.46. The molecule has 0 unspecified atom stereocenters. The molecule has 1 N–H and O–H groups in total. The molecule has 2 aromatic carbocycles. The molecule has 0 radical (unpaired) electrons. The second kappa shape index (κ2) is 8.47. The average Bonchev–Trinajstić information content (AvgIpc) is 2.55. The maximum atomic E-state index is 5.74. The number of nitrogens with one attached hydrogen (secondary N) is 1. The Morgan fingerprint density at radius 2 is 1.70 bits per heavy atom. The van der Waals surface area contributed by atoms with Crippen LogP contribution >= 0.6 is 0 Å². The van der Waals surface area contributed by atoms with Gasteiger partial charge in [0.15, 0.2) is 11.5 Å². The van der Waals surface area contributed by atoms with Crippen LogP contribution in [0.2, 0.25) is 0 Å². The van der Waals surface area contributed by atoms with Gasteiger partial charge in [-0.1, -0.05) is 19.1 Å². The third-order valence-corrected chi connectivity index (χ3v) is 3.77. The summed E-state index contributed by atoms with van der Waals surface area (Å²) in [7, 11) is 0. The van der Waals surface area contributed by atoms with E-state index < -0.39 is 0 Å².